The van der Waals surface area contributed by atoms with Crippen molar-refractivity contribution in [1.29, 1.82) is 0 Å². The van der Waals surface area contributed by atoms with Crippen LogP contribution in [0.4, 0.5) is 5.69 Å². The van der Waals surface area contributed by atoms with Crippen LogP contribution in [-0.4, -0.2) is 16.1 Å². The van der Waals surface area contributed by atoms with E-state index in [9.17, 15) is 10.1 Å². The number of aliphatic hydroxyl groups excluding tert-OH is 1. The van der Waals surface area contributed by atoms with Crippen LogP contribution in [0.2, 0.25) is 0 Å². The van der Waals surface area contributed by atoms with Gasteiger partial charge in [0.25, 0.3) is 0 Å². The Morgan fingerprint density at radius 2 is 2.20 bits per heavy atom. The molecule has 0 bridgehead atoms. The van der Waals surface area contributed by atoms with Crippen molar-refractivity contribution in [2.24, 2.45) is 0 Å². The van der Waals surface area contributed by atoms with Crippen molar-refractivity contribution in [2.75, 3.05) is 0 Å². The zero-order valence-electron chi connectivity index (χ0n) is 8.51. The van der Waals surface area contributed by atoms with E-state index >= 15 is 0 Å². The first kappa shape index (κ1) is 11.5. The molecule has 1 aromatic rings. The first-order valence-electron chi connectivity index (χ1n) is 4.47. The van der Waals surface area contributed by atoms with E-state index in [4.69, 9.17) is 9.84 Å². The number of nitro benzene ring substituents is 1. The van der Waals surface area contributed by atoms with Gasteiger partial charge in [-0.3, -0.25) is 10.1 Å². The summed E-state index contributed by atoms with van der Waals surface area (Å²) in [5.41, 5.74) is -0.0770. The second kappa shape index (κ2) is 4.75. The Morgan fingerprint density at radius 1 is 1.53 bits per heavy atom. The van der Waals surface area contributed by atoms with E-state index < -0.39 is 4.92 Å². The van der Waals surface area contributed by atoms with Crippen LogP contribution >= 0.6 is 0 Å². The first-order chi connectivity index (χ1) is 7.06. The standard InChI is InChI=1S/C10H12NO4/c1-7(2)15-9-5-3-4-8(6-12)10(9)11(13)14/h3-7,12H,1-2H3. The Morgan fingerprint density at radius 3 is 2.67 bits per heavy atom. The second-order valence-electron chi connectivity index (χ2n) is 3.25. The molecule has 0 saturated heterocycles. The van der Waals surface area contributed by atoms with E-state index in [0.717, 1.165) is 0 Å². The summed E-state index contributed by atoms with van der Waals surface area (Å²) in [4.78, 5) is 10.2. The number of ether oxygens (including phenoxy) is 1. The highest BCUT2D eigenvalue weighted by atomic mass is 16.6. The van der Waals surface area contributed by atoms with E-state index in [0.29, 0.717) is 6.61 Å². The monoisotopic (exact) mass is 210 g/mol. The van der Waals surface area contributed by atoms with Crippen LogP contribution in [0, 0.1) is 16.7 Å². The summed E-state index contributed by atoms with van der Waals surface area (Å²) in [5.74, 6) is 0.165. The molecule has 0 aliphatic carbocycles. The SMILES string of the molecule is CC(C)Oc1cccc([CH]O)c1[N+](=O)[O-]. The van der Waals surface area contributed by atoms with Gasteiger partial charge in [0.2, 0.25) is 0 Å². The molecule has 5 heteroatoms. The molecule has 0 amide bonds. The van der Waals surface area contributed by atoms with Crippen molar-refractivity contribution in [1.82, 2.24) is 0 Å². The third-order valence-corrected chi connectivity index (χ3v) is 1.71. The van der Waals surface area contributed by atoms with Crippen molar-refractivity contribution in [2.45, 2.75) is 20.0 Å². The summed E-state index contributed by atoms with van der Waals surface area (Å²) >= 11 is 0. The summed E-state index contributed by atoms with van der Waals surface area (Å²) < 4.78 is 5.28. The number of aliphatic hydroxyl groups is 1. The molecule has 0 atom stereocenters. The van der Waals surface area contributed by atoms with E-state index in [1.54, 1.807) is 19.9 Å². The van der Waals surface area contributed by atoms with Gasteiger partial charge in [0.1, 0.15) is 6.61 Å². The summed E-state index contributed by atoms with van der Waals surface area (Å²) in [6, 6.07) is 4.54. The fourth-order valence-corrected chi connectivity index (χ4v) is 1.19. The highest BCUT2D eigenvalue weighted by Crippen LogP contribution is 2.31. The molecule has 0 unspecified atom stereocenters. The molecule has 1 radical (unpaired) electrons. The first-order valence-corrected chi connectivity index (χ1v) is 4.47. The number of hydrogen-bond donors (Lipinski definition) is 1. The average molecular weight is 210 g/mol. The topological polar surface area (TPSA) is 72.6 Å². The van der Waals surface area contributed by atoms with E-state index in [2.05, 4.69) is 0 Å². The lowest BCUT2D eigenvalue weighted by atomic mass is 10.2. The van der Waals surface area contributed by atoms with Gasteiger partial charge in [0, 0.05) is 0 Å². The fourth-order valence-electron chi connectivity index (χ4n) is 1.19. The summed E-state index contributed by atoms with van der Waals surface area (Å²) in [6.07, 6.45) is -0.155. The van der Waals surface area contributed by atoms with Crippen LogP contribution in [0.1, 0.15) is 19.4 Å². The normalized spacial score (nSPS) is 10.4. The Hall–Kier alpha value is -1.62. The molecule has 1 N–H and O–H groups in total. The van der Waals surface area contributed by atoms with Crippen molar-refractivity contribution in [3.8, 4) is 5.75 Å². The second-order valence-corrected chi connectivity index (χ2v) is 3.25. The highest BCUT2D eigenvalue weighted by Gasteiger charge is 2.20. The maximum atomic E-state index is 10.8. The van der Waals surface area contributed by atoms with Crippen LogP contribution in [0.15, 0.2) is 18.2 Å². The van der Waals surface area contributed by atoms with Crippen LogP contribution in [0.3, 0.4) is 0 Å². The molecule has 1 rings (SSSR count). The summed E-state index contributed by atoms with van der Waals surface area (Å²) in [6.45, 7) is 4.25. The Bertz CT molecular complexity index is 362. The van der Waals surface area contributed by atoms with Crippen molar-refractivity contribution in [3.05, 3.63) is 40.5 Å². The van der Waals surface area contributed by atoms with Gasteiger partial charge >= 0.3 is 5.69 Å². The van der Waals surface area contributed by atoms with Gasteiger partial charge < -0.3 is 9.84 Å². The van der Waals surface area contributed by atoms with Gasteiger partial charge in [0.15, 0.2) is 5.75 Å². The summed E-state index contributed by atoms with van der Waals surface area (Å²) in [5, 5.41) is 19.6. The van der Waals surface area contributed by atoms with Crippen molar-refractivity contribution < 1.29 is 14.8 Å². The average Bonchev–Trinajstić information content (AvgIpc) is 2.15. The largest absolute Gasteiger partial charge is 0.484 e. The molecule has 1 aromatic carbocycles. The number of rotatable bonds is 4. The van der Waals surface area contributed by atoms with E-state index in [1.807, 2.05) is 0 Å². The molecule has 0 saturated carbocycles. The van der Waals surface area contributed by atoms with Crippen LogP contribution in [0.25, 0.3) is 0 Å². The van der Waals surface area contributed by atoms with E-state index in [-0.39, 0.29) is 23.1 Å². The van der Waals surface area contributed by atoms with Gasteiger partial charge in [-0.15, -0.1) is 0 Å². The third kappa shape index (κ3) is 2.66. The van der Waals surface area contributed by atoms with Gasteiger partial charge in [-0.05, 0) is 26.0 Å². The fraction of sp³-hybridized carbons (Fsp3) is 0.300. The lowest BCUT2D eigenvalue weighted by molar-refractivity contribution is -0.386. The molecule has 0 fully saturated rings. The minimum atomic E-state index is -0.570. The minimum absolute atomic E-state index is 0.137. The quantitative estimate of drug-likeness (QED) is 0.611. The molecule has 0 aliphatic rings. The predicted octanol–water partition coefficient (Wildman–Crippen LogP) is 2.26. The maximum Gasteiger partial charge on any atom is 0.316 e. The molecule has 0 aliphatic heterocycles. The van der Waals surface area contributed by atoms with E-state index in [1.165, 1.54) is 12.1 Å². The van der Waals surface area contributed by atoms with Gasteiger partial charge in [-0.2, -0.15) is 0 Å². The smallest absolute Gasteiger partial charge is 0.316 e. The predicted molar refractivity (Wildman–Crippen MR) is 54.2 cm³/mol. The van der Waals surface area contributed by atoms with Crippen LogP contribution < -0.4 is 4.74 Å². The lowest BCUT2D eigenvalue weighted by Crippen LogP contribution is -2.08. The number of nitro groups is 1. The molecular weight excluding hydrogens is 198 g/mol. The Kier molecular flexibility index (Phi) is 3.62. The van der Waals surface area contributed by atoms with Crippen LogP contribution in [-0.2, 0) is 0 Å². The number of para-hydroxylation sites is 1. The maximum absolute atomic E-state index is 10.8. The molecular formula is C10H12NO4. The van der Waals surface area contributed by atoms with Crippen molar-refractivity contribution in [3.63, 3.8) is 0 Å². The Labute approximate surface area is 87.5 Å². The van der Waals surface area contributed by atoms with Crippen molar-refractivity contribution >= 4 is 5.69 Å². The third-order valence-electron chi connectivity index (χ3n) is 1.71. The Balaban J connectivity index is 3.19. The number of nitrogens with zero attached hydrogens (tertiary/aromatic N) is 1. The lowest BCUT2D eigenvalue weighted by Gasteiger charge is -2.10. The van der Waals surface area contributed by atoms with Crippen LogP contribution in [0.5, 0.6) is 5.75 Å². The van der Waals surface area contributed by atoms with Gasteiger partial charge in [0.05, 0.1) is 16.6 Å². The molecule has 5 nitrogen and oxygen atoms in total. The zero-order chi connectivity index (χ0) is 11.4. The minimum Gasteiger partial charge on any atom is -0.484 e. The number of benzene rings is 1. The van der Waals surface area contributed by atoms with Gasteiger partial charge in [-0.25, -0.2) is 0 Å². The molecule has 15 heavy (non-hydrogen) atoms. The molecule has 0 heterocycles. The number of hydrogen-bond acceptors (Lipinski definition) is 4. The molecule has 0 spiro atoms. The molecule has 0 aromatic heterocycles. The summed E-state index contributed by atoms with van der Waals surface area (Å²) in [7, 11) is 0. The molecule has 81 valence electrons. The zero-order valence-corrected chi connectivity index (χ0v) is 8.51. The van der Waals surface area contributed by atoms with Gasteiger partial charge in [-0.1, -0.05) is 6.07 Å². The highest BCUT2D eigenvalue weighted by molar-refractivity contribution is 5.54.